The summed E-state index contributed by atoms with van der Waals surface area (Å²) in [6, 6.07) is 4.59. The van der Waals surface area contributed by atoms with Gasteiger partial charge in [-0.1, -0.05) is 0 Å². The van der Waals surface area contributed by atoms with Crippen LogP contribution < -0.4 is 16.0 Å². The summed E-state index contributed by atoms with van der Waals surface area (Å²) >= 11 is 1.57. The number of unbranched alkanes of at least 4 members (excludes halogenated alkanes) is 1. The molecule has 1 aromatic carbocycles. The fraction of sp³-hybridized carbons (Fsp3) is 0.611. The number of hydrogen-bond donors (Lipinski definition) is 3. The van der Waals surface area contributed by atoms with Crippen molar-refractivity contribution < 1.29 is 37.1 Å². The van der Waals surface area contributed by atoms with Gasteiger partial charge in [-0.15, -0.1) is 11.3 Å². The molecule has 6 rings (SSSR count). The van der Waals surface area contributed by atoms with Crippen molar-refractivity contribution in [3.05, 3.63) is 51.2 Å². The summed E-state index contributed by atoms with van der Waals surface area (Å²) in [7, 11) is 0. The van der Waals surface area contributed by atoms with Crippen LogP contribution >= 0.6 is 11.3 Å². The van der Waals surface area contributed by atoms with Crippen LogP contribution in [0, 0.1) is 18.7 Å². The number of thiazole rings is 1. The number of hydrogen-bond acceptors (Lipinski definition) is 7. The average Bonchev–Trinajstić information content (AvgIpc) is 3.46. The number of amides is 5. The first-order valence-electron chi connectivity index (χ1n) is 17.8. The van der Waals surface area contributed by atoms with E-state index in [0.29, 0.717) is 75.8 Å². The highest BCUT2D eigenvalue weighted by molar-refractivity contribution is 7.11. The predicted octanol–water partition coefficient (Wildman–Crippen LogP) is 4.10. The molecule has 2 fully saturated rings. The quantitative estimate of drug-likeness (QED) is 0.315. The molecule has 2 aromatic rings. The Labute approximate surface area is 300 Å². The van der Waals surface area contributed by atoms with E-state index >= 15 is 0 Å². The number of rotatable bonds is 10. The van der Waals surface area contributed by atoms with E-state index < -0.39 is 29.6 Å². The second-order valence-electron chi connectivity index (χ2n) is 14.0. The number of halogens is 3. The lowest BCUT2D eigenvalue weighted by Gasteiger charge is -2.33. The third-order valence-electron chi connectivity index (χ3n) is 10.0. The maximum absolute atomic E-state index is 13.8. The molecule has 1 aliphatic carbocycles. The van der Waals surface area contributed by atoms with E-state index in [2.05, 4.69) is 16.0 Å². The van der Waals surface area contributed by atoms with E-state index in [9.17, 15) is 37.1 Å². The van der Waals surface area contributed by atoms with E-state index in [4.69, 9.17) is 4.98 Å². The minimum atomic E-state index is -2.68. The van der Waals surface area contributed by atoms with Crippen molar-refractivity contribution in [3.8, 4) is 0 Å². The average molecular weight is 733 g/mol. The Morgan fingerprint density at radius 3 is 2.41 bits per heavy atom. The minimum absolute atomic E-state index is 0.0529. The van der Waals surface area contributed by atoms with E-state index in [1.165, 1.54) is 29.2 Å². The lowest BCUT2D eigenvalue weighted by atomic mass is 9.87. The van der Waals surface area contributed by atoms with Gasteiger partial charge in [-0.05, 0) is 82.1 Å². The Morgan fingerprint density at radius 2 is 1.71 bits per heavy atom. The van der Waals surface area contributed by atoms with Crippen molar-refractivity contribution in [1.29, 1.82) is 0 Å². The third-order valence-corrected chi connectivity index (χ3v) is 11.2. The SMILES string of the molecule is Cc1sc2nc1CC(=O)N[C@@H](CCCCNC(=O)c1ccc(F)cc1)CC(=O)N(CC(=O)NCC1CCC(F)(F)CC1)CC(=O)N1CCC2CC1. The van der Waals surface area contributed by atoms with Crippen molar-refractivity contribution in [2.24, 2.45) is 5.92 Å². The Bertz CT molecular complexity index is 1550. The maximum atomic E-state index is 13.8. The summed E-state index contributed by atoms with van der Waals surface area (Å²) in [5.41, 5.74) is 1.02. The molecule has 11 nitrogen and oxygen atoms in total. The first-order valence-corrected chi connectivity index (χ1v) is 18.7. The molecule has 15 heteroatoms. The van der Waals surface area contributed by atoms with E-state index in [-0.39, 0.29) is 74.9 Å². The number of aryl methyl sites for hydroxylation is 1. The normalized spacial score (nSPS) is 20.7. The number of aromatic nitrogens is 1. The number of nitrogens with zero attached hydrogens (tertiary/aromatic N) is 3. The molecule has 1 saturated carbocycles. The molecular weight excluding hydrogens is 685 g/mol. The molecule has 5 amide bonds. The number of benzene rings is 1. The van der Waals surface area contributed by atoms with Gasteiger partial charge >= 0.3 is 0 Å². The Balaban J connectivity index is 1.25. The topological polar surface area (TPSA) is 141 Å². The second-order valence-corrected chi connectivity index (χ2v) is 15.2. The molecule has 1 saturated heterocycles. The van der Waals surface area contributed by atoms with Gasteiger partial charge in [-0.2, -0.15) is 0 Å². The standard InChI is InChI=1S/C36H47F3N6O5S/c1-23-29-19-30(46)42-28(4-2-3-15-40-34(50)25-5-7-27(37)8-6-25)18-32(48)45(21-31(47)41-20-24-9-13-36(38,39)14-10-24)22-33(49)44-16-11-26(12-17-44)35(43-29)51-23/h5-8,24,26,28H,2-4,9-22H2,1H3,(H,40,50)(H,41,47)(H,42,46)/t28-/m0/s1. The van der Waals surface area contributed by atoms with Gasteiger partial charge in [0.2, 0.25) is 29.6 Å². The summed E-state index contributed by atoms with van der Waals surface area (Å²) in [5, 5.41) is 9.50. The van der Waals surface area contributed by atoms with Gasteiger partial charge in [0, 0.05) is 67.8 Å². The Kier molecular flexibility index (Phi) is 13.1. The lowest BCUT2D eigenvalue weighted by molar-refractivity contribution is -0.143. The molecular formula is C36H47F3N6O5S. The summed E-state index contributed by atoms with van der Waals surface area (Å²) in [6.45, 7) is 2.76. The molecule has 51 heavy (non-hydrogen) atoms. The van der Waals surface area contributed by atoms with Crippen molar-refractivity contribution in [3.63, 3.8) is 0 Å². The number of fused-ring (bicyclic) bond motifs is 10. The lowest BCUT2D eigenvalue weighted by Crippen LogP contribution is -2.50. The van der Waals surface area contributed by atoms with Gasteiger partial charge in [0.05, 0.1) is 17.1 Å². The highest BCUT2D eigenvalue weighted by Crippen LogP contribution is 2.36. The van der Waals surface area contributed by atoms with Crippen molar-refractivity contribution in [2.75, 3.05) is 39.3 Å². The van der Waals surface area contributed by atoms with Gasteiger partial charge in [0.25, 0.3) is 5.91 Å². The van der Waals surface area contributed by atoms with Crippen LogP contribution in [0.2, 0.25) is 0 Å². The van der Waals surface area contributed by atoms with Crippen molar-refractivity contribution >= 4 is 40.9 Å². The van der Waals surface area contributed by atoms with Gasteiger partial charge in [0.1, 0.15) is 18.9 Å². The number of piperidine rings is 1. The molecule has 3 aliphatic heterocycles. The monoisotopic (exact) mass is 732 g/mol. The summed E-state index contributed by atoms with van der Waals surface area (Å²) in [5.74, 6) is -4.91. The van der Waals surface area contributed by atoms with Crippen molar-refractivity contribution in [2.45, 2.75) is 95.4 Å². The smallest absolute Gasteiger partial charge is 0.251 e. The molecule has 4 aliphatic rings. The van der Waals surface area contributed by atoms with Gasteiger partial charge < -0.3 is 25.8 Å². The zero-order chi connectivity index (χ0) is 36.5. The number of nitrogens with one attached hydrogen (secondary N) is 3. The van der Waals surface area contributed by atoms with Crippen LogP contribution in [0.3, 0.4) is 0 Å². The third kappa shape index (κ3) is 11.2. The fourth-order valence-corrected chi connectivity index (χ4v) is 7.98. The number of carbonyl (C=O) groups is 5. The molecule has 1 atom stereocenters. The highest BCUT2D eigenvalue weighted by Gasteiger charge is 2.35. The zero-order valence-corrected chi connectivity index (χ0v) is 29.8. The second kappa shape index (κ2) is 17.5. The van der Waals surface area contributed by atoms with Crippen LogP contribution in [0.5, 0.6) is 0 Å². The Morgan fingerprint density at radius 1 is 1.00 bits per heavy atom. The number of carbonyl (C=O) groups excluding carboxylic acids is 5. The molecule has 0 radical (unpaired) electrons. The highest BCUT2D eigenvalue weighted by atomic mass is 32.1. The fourth-order valence-electron chi connectivity index (χ4n) is 6.87. The largest absolute Gasteiger partial charge is 0.354 e. The first kappa shape index (κ1) is 38.2. The zero-order valence-electron chi connectivity index (χ0n) is 29.0. The van der Waals surface area contributed by atoms with Crippen LogP contribution in [-0.4, -0.2) is 95.6 Å². The molecule has 0 unspecified atom stereocenters. The molecule has 278 valence electrons. The van der Waals surface area contributed by atoms with Gasteiger partial charge in [-0.3, -0.25) is 24.0 Å². The van der Waals surface area contributed by atoms with Crippen LogP contribution in [0.1, 0.15) is 96.1 Å². The van der Waals surface area contributed by atoms with Gasteiger partial charge in [-0.25, -0.2) is 18.2 Å². The van der Waals surface area contributed by atoms with E-state index in [0.717, 1.165) is 9.88 Å². The van der Waals surface area contributed by atoms with Crippen LogP contribution in [0.4, 0.5) is 13.2 Å². The number of alkyl halides is 2. The molecule has 4 bridgehead atoms. The summed E-state index contributed by atoms with van der Waals surface area (Å²) in [4.78, 5) is 74.9. The predicted molar refractivity (Wildman–Crippen MR) is 185 cm³/mol. The van der Waals surface area contributed by atoms with Crippen molar-refractivity contribution in [1.82, 2.24) is 30.7 Å². The van der Waals surface area contributed by atoms with E-state index in [1.807, 2.05) is 6.92 Å². The molecule has 0 spiro atoms. The first-order chi connectivity index (χ1) is 24.3. The van der Waals surface area contributed by atoms with Gasteiger partial charge in [0.15, 0.2) is 0 Å². The molecule has 4 heterocycles. The van der Waals surface area contributed by atoms with E-state index in [1.54, 1.807) is 16.2 Å². The maximum Gasteiger partial charge on any atom is 0.251 e. The molecule has 3 N–H and O–H groups in total. The summed E-state index contributed by atoms with van der Waals surface area (Å²) < 4.78 is 40.5. The minimum Gasteiger partial charge on any atom is -0.354 e. The van der Waals surface area contributed by atoms with Crippen LogP contribution in [0.15, 0.2) is 24.3 Å². The summed E-state index contributed by atoms with van der Waals surface area (Å²) in [6.07, 6.45) is 2.91. The van der Waals surface area contributed by atoms with Crippen LogP contribution in [0.25, 0.3) is 0 Å². The molecule has 1 aromatic heterocycles. The Hall–Kier alpha value is -4.01. The van der Waals surface area contributed by atoms with Crippen LogP contribution in [-0.2, 0) is 25.6 Å².